The summed E-state index contributed by atoms with van der Waals surface area (Å²) in [5.74, 6) is 0.335. The highest BCUT2D eigenvalue weighted by Crippen LogP contribution is 2.14. The molecule has 100 valence electrons. The van der Waals surface area contributed by atoms with Crippen LogP contribution in [0.5, 0.6) is 0 Å². The molecule has 0 aromatic carbocycles. The van der Waals surface area contributed by atoms with Crippen LogP contribution in [-0.2, 0) is 7.05 Å². The van der Waals surface area contributed by atoms with Gasteiger partial charge in [0.2, 0.25) is 0 Å². The Kier molecular flexibility index (Phi) is 3.83. The van der Waals surface area contributed by atoms with E-state index >= 15 is 0 Å². The summed E-state index contributed by atoms with van der Waals surface area (Å²) in [4.78, 5) is 16.1. The molecule has 7 heteroatoms. The van der Waals surface area contributed by atoms with Gasteiger partial charge >= 0.3 is 0 Å². The van der Waals surface area contributed by atoms with E-state index in [0.717, 1.165) is 13.1 Å². The first-order valence-corrected chi connectivity index (χ1v) is 6.03. The summed E-state index contributed by atoms with van der Waals surface area (Å²) in [5.41, 5.74) is 6.26. The number of aliphatic hydroxyl groups excluding tert-OH is 1. The van der Waals surface area contributed by atoms with Crippen molar-refractivity contribution < 1.29 is 9.90 Å². The molecule has 0 spiro atoms. The number of hydrogen-bond acceptors (Lipinski definition) is 5. The monoisotopic (exact) mass is 253 g/mol. The number of carbonyl (C=O) groups is 1. The van der Waals surface area contributed by atoms with E-state index in [4.69, 9.17) is 10.8 Å². The number of β-amino-alcohol motifs (C(OH)–C–C–N with tert-alkyl or cyclic N) is 1. The molecular formula is C11H19N5O2. The highest BCUT2D eigenvalue weighted by Gasteiger charge is 2.24. The van der Waals surface area contributed by atoms with Gasteiger partial charge in [-0.2, -0.15) is 5.10 Å². The predicted molar refractivity (Wildman–Crippen MR) is 67.0 cm³/mol. The van der Waals surface area contributed by atoms with Crippen LogP contribution in [0.15, 0.2) is 6.20 Å². The molecule has 18 heavy (non-hydrogen) atoms. The fraction of sp³-hybridized carbons (Fsp3) is 0.636. The number of anilines is 1. The van der Waals surface area contributed by atoms with Gasteiger partial charge in [0.15, 0.2) is 0 Å². The molecule has 1 aromatic rings. The Balaban J connectivity index is 1.97. The Morgan fingerprint density at radius 3 is 2.61 bits per heavy atom. The van der Waals surface area contributed by atoms with E-state index in [-0.39, 0.29) is 12.5 Å². The van der Waals surface area contributed by atoms with E-state index in [1.54, 1.807) is 11.9 Å². The van der Waals surface area contributed by atoms with E-state index in [2.05, 4.69) is 10.00 Å². The number of carbonyl (C=O) groups excluding carboxylic acids is 1. The van der Waals surface area contributed by atoms with E-state index in [1.165, 1.54) is 10.9 Å². The molecule has 1 aliphatic heterocycles. The molecule has 2 heterocycles. The zero-order valence-corrected chi connectivity index (χ0v) is 10.5. The molecule has 0 bridgehead atoms. The van der Waals surface area contributed by atoms with Gasteiger partial charge in [0.1, 0.15) is 11.4 Å². The van der Waals surface area contributed by atoms with Gasteiger partial charge in [-0.3, -0.25) is 14.4 Å². The van der Waals surface area contributed by atoms with Crippen molar-refractivity contribution in [3.63, 3.8) is 0 Å². The number of rotatable bonds is 3. The summed E-state index contributed by atoms with van der Waals surface area (Å²) in [6, 6.07) is 0. The molecule has 0 aliphatic carbocycles. The van der Waals surface area contributed by atoms with Crippen LogP contribution in [0.1, 0.15) is 10.4 Å². The van der Waals surface area contributed by atoms with Crippen LogP contribution in [0.2, 0.25) is 0 Å². The second-order valence-corrected chi connectivity index (χ2v) is 4.42. The van der Waals surface area contributed by atoms with Crippen molar-refractivity contribution in [2.24, 2.45) is 7.05 Å². The van der Waals surface area contributed by atoms with Crippen LogP contribution in [-0.4, -0.2) is 69.9 Å². The Morgan fingerprint density at radius 1 is 1.44 bits per heavy atom. The number of piperazine rings is 1. The van der Waals surface area contributed by atoms with Crippen LogP contribution in [0.3, 0.4) is 0 Å². The predicted octanol–water partition coefficient (Wildman–Crippen LogP) is -1.25. The van der Waals surface area contributed by atoms with Crippen molar-refractivity contribution in [2.45, 2.75) is 0 Å². The highest BCUT2D eigenvalue weighted by atomic mass is 16.3. The normalized spacial score (nSPS) is 17.1. The van der Waals surface area contributed by atoms with E-state index in [0.29, 0.717) is 31.0 Å². The molecular weight excluding hydrogens is 234 g/mol. The Bertz CT molecular complexity index is 423. The average Bonchev–Trinajstić information content (AvgIpc) is 2.71. The van der Waals surface area contributed by atoms with Gasteiger partial charge in [0.25, 0.3) is 5.91 Å². The van der Waals surface area contributed by atoms with Gasteiger partial charge in [-0.05, 0) is 0 Å². The molecule has 0 unspecified atom stereocenters. The van der Waals surface area contributed by atoms with Crippen molar-refractivity contribution in [1.82, 2.24) is 19.6 Å². The van der Waals surface area contributed by atoms with Gasteiger partial charge in [-0.15, -0.1) is 0 Å². The molecule has 3 N–H and O–H groups in total. The van der Waals surface area contributed by atoms with Crippen molar-refractivity contribution in [3.8, 4) is 0 Å². The number of nitrogens with zero attached hydrogens (tertiary/aromatic N) is 4. The Labute approximate surface area is 106 Å². The van der Waals surface area contributed by atoms with Gasteiger partial charge in [0, 0.05) is 39.8 Å². The third-order valence-corrected chi connectivity index (χ3v) is 3.29. The molecule has 1 aliphatic rings. The maximum absolute atomic E-state index is 12.2. The number of aliphatic hydroxyl groups is 1. The lowest BCUT2D eigenvalue weighted by Gasteiger charge is -2.34. The van der Waals surface area contributed by atoms with Crippen molar-refractivity contribution in [2.75, 3.05) is 45.1 Å². The van der Waals surface area contributed by atoms with Crippen molar-refractivity contribution in [3.05, 3.63) is 11.8 Å². The number of nitrogen functional groups attached to an aromatic ring is 1. The fourth-order valence-corrected chi connectivity index (χ4v) is 2.10. The molecule has 0 atom stereocenters. The zero-order chi connectivity index (χ0) is 13.1. The van der Waals surface area contributed by atoms with E-state index < -0.39 is 0 Å². The quantitative estimate of drug-likeness (QED) is 0.703. The minimum Gasteiger partial charge on any atom is -0.395 e. The minimum absolute atomic E-state index is 0.0655. The van der Waals surface area contributed by atoms with Crippen LogP contribution in [0.25, 0.3) is 0 Å². The third-order valence-electron chi connectivity index (χ3n) is 3.29. The van der Waals surface area contributed by atoms with Crippen LogP contribution < -0.4 is 5.73 Å². The summed E-state index contributed by atoms with van der Waals surface area (Å²) in [5, 5.41) is 12.8. The number of nitrogens with two attached hydrogens (primary N) is 1. The third kappa shape index (κ3) is 2.46. The molecule has 7 nitrogen and oxygen atoms in total. The molecule has 1 aromatic heterocycles. The van der Waals surface area contributed by atoms with Crippen LogP contribution >= 0.6 is 0 Å². The minimum atomic E-state index is -0.0655. The maximum Gasteiger partial charge on any atom is 0.259 e. The second kappa shape index (κ2) is 5.36. The number of aromatic nitrogens is 2. The maximum atomic E-state index is 12.2. The average molecular weight is 253 g/mol. The molecule has 1 fully saturated rings. The molecule has 0 saturated carbocycles. The van der Waals surface area contributed by atoms with Crippen molar-refractivity contribution in [1.29, 1.82) is 0 Å². The van der Waals surface area contributed by atoms with E-state index in [1.807, 2.05) is 0 Å². The largest absolute Gasteiger partial charge is 0.395 e. The highest BCUT2D eigenvalue weighted by molar-refractivity contribution is 5.98. The van der Waals surface area contributed by atoms with Crippen LogP contribution in [0, 0.1) is 0 Å². The first-order chi connectivity index (χ1) is 8.63. The molecule has 1 saturated heterocycles. The topological polar surface area (TPSA) is 87.6 Å². The van der Waals surface area contributed by atoms with Crippen molar-refractivity contribution >= 4 is 11.7 Å². The number of aryl methyl sites for hydroxylation is 1. The summed E-state index contributed by atoms with van der Waals surface area (Å²) >= 11 is 0. The van der Waals surface area contributed by atoms with Crippen LogP contribution in [0.4, 0.5) is 5.82 Å². The Hall–Kier alpha value is -1.60. The summed E-state index contributed by atoms with van der Waals surface area (Å²) in [6.07, 6.45) is 1.51. The SMILES string of the molecule is Cn1ncc(C(=O)N2CCN(CCO)CC2)c1N. The molecule has 0 radical (unpaired) electrons. The lowest BCUT2D eigenvalue weighted by molar-refractivity contribution is 0.0616. The Morgan fingerprint density at radius 2 is 2.11 bits per heavy atom. The number of hydrogen-bond donors (Lipinski definition) is 2. The first kappa shape index (κ1) is 12.8. The smallest absolute Gasteiger partial charge is 0.259 e. The van der Waals surface area contributed by atoms with E-state index in [9.17, 15) is 4.79 Å². The lowest BCUT2D eigenvalue weighted by Crippen LogP contribution is -2.49. The summed E-state index contributed by atoms with van der Waals surface area (Å²) < 4.78 is 1.50. The standard InChI is InChI=1S/C11H19N5O2/c1-14-10(12)9(8-13-14)11(18)16-4-2-15(3-5-16)6-7-17/h8,17H,2-7,12H2,1H3. The first-order valence-electron chi connectivity index (χ1n) is 6.03. The van der Waals surface area contributed by atoms with Gasteiger partial charge in [-0.1, -0.05) is 0 Å². The lowest BCUT2D eigenvalue weighted by atomic mass is 10.2. The summed E-state index contributed by atoms with van der Waals surface area (Å²) in [7, 11) is 1.71. The zero-order valence-electron chi connectivity index (χ0n) is 10.5. The number of amides is 1. The van der Waals surface area contributed by atoms with Gasteiger partial charge in [-0.25, -0.2) is 0 Å². The summed E-state index contributed by atoms with van der Waals surface area (Å²) in [6.45, 7) is 3.71. The molecule has 2 rings (SSSR count). The second-order valence-electron chi connectivity index (χ2n) is 4.42. The fourth-order valence-electron chi connectivity index (χ4n) is 2.10. The van der Waals surface area contributed by atoms with Gasteiger partial charge in [0.05, 0.1) is 12.8 Å². The molecule has 1 amide bonds. The van der Waals surface area contributed by atoms with Gasteiger partial charge < -0.3 is 15.7 Å².